The number of aromatic nitrogens is 1. The van der Waals surface area contributed by atoms with Crippen LogP contribution in [0.2, 0.25) is 0 Å². The number of hydrogen-bond acceptors (Lipinski definition) is 6. The predicted molar refractivity (Wildman–Crippen MR) is 77.5 cm³/mol. The number of anilines is 1. The lowest BCUT2D eigenvalue weighted by atomic mass is 10.2. The van der Waals surface area contributed by atoms with Gasteiger partial charge in [0.2, 0.25) is 5.91 Å². The zero-order chi connectivity index (χ0) is 14.4. The van der Waals surface area contributed by atoms with Gasteiger partial charge in [-0.25, -0.2) is 9.78 Å². The number of carbonyl (C=O) groups is 2. The standard InChI is InChI=1S/C11H17N3O3S2/c1-6-8(19-11(12)13-6)5-9(15)14-7(10(16)17)3-4-18-2/h7H,3-5H2,1-2H3,(H2,12,13)(H,14,15)(H,16,17)/t7-/m1/s1. The molecule has 0 aromatic carbocycles. The summed E-state index contributed by atoms with van der Waals surface area (Å²) in [6.45, 7) is 1.78. The van der Waals surface area contributed by atoms with Crippen molar-refractivity contribution in [1.82, 2.24) is 10.3 Å². The van der Waals surface area contributed by atoms with Gasteiger partial charge in [-0.15, -0.1) is 11.3 Å². The van der Waals surface area contributed by atoms with E-state index < -0.39 is 12.0 Å². The van der Waals surface area contributed by atoms with E-state index >= 15 is 0 Å². The van der Waals surface area contributed by atoms with Crippen molar-refractivity contribution in [2.45, 2.75) is 25.8 Å². The minimum Gasteiger partial charge on any atom is -0.480 e. The predicted octanol–water partition coefficient (Wildman–Crippen LogP) is 0.899. The smallest absolute Gasteiger partial charge is 0.326 e. The Morgan fingerprint density at radius 2 is 2.26 bits per heavy atom. The summed E-state index contributed by atoms with van der Waals surface area (Å²) in [7, 11) is 0. The number of aliphatic carboxylic acids is 1. The van der Waals surface area contributed by atoms with Crippen LogP contribution < -0.4 is 11.1 Å². The first-order valence-corrected chi connectivity index (χ1v) is 7.88. The summed E-state index contributed by atoms with van der Waals surface area (Å²) in [6, 6.07) is -0.842. The molecule has 19 heavy (non-hydrogen) atoms. The highest BCUT2D eigenvalue weighted by atomic mass is 32.2. The van der Waals surface area contributed by atoms with Crippen LogP contribution in [0.15, 0.2) is 0 Å². The van der Waals surface area contributed by atoms with E-state index in [1.807, 2.05) is 6.26 Å². The first-order valence-electron chi connectivity index (χ1n) is 5.67. The van der Waals surface area contributed by atoms with Gasteiger partial charge >= 0.3 is 5.97 Å². The number of carbonyl (C=O) groups excluding carboxylic acids is 1. The molecule has 4 N–H and O–H groups in total. The van der Waals surface area contributed by atoms with Crippen molar-refractivity contribution in [3.05, 3.63) is 10.6 Å². The van der Waals surface area contributed by atoms with Gasteiger partial charge in [0.15, 0.2) is 5.13 Å². The Kier molecular flexibility index (Phi) is 6.10. The third-order valence-electron chi connectivity index (χ3n) is 2.47. The summed E-state index contributed by atoms with van der Waals surface area (Å²) in [5, 5.41) is 12.0. The van der Waals surface area contributed by atoms with E-state index in [0.29, 0.717) is 23.0 Å². The first kappa shape index (κ1) is 15.8. The maximum absolute atomic E-state index is 11.8. The molecule has 1 rings (SSSR count). The zero-order valence-corrected chi connectivity index (χ0v) is 12.4. The Balaban J connectivity index is 2.57. The molecule has 0 bridgehead atoms. The Morgan fingerprint density at radius 3 is 2.74 bits per heavy atom. The van der Waals surface area contributed by atoms with Crippen LogP contribution in [0, 0.1) is 6.92 Å². The number of nitrogen functional groups attached to an aromatic ring is 1. The van der Waals surface area contributed by atoms with E-state index in [0.717, 1.165) is 4.88 Å². The summed E-state index contributed by atoms with van der Waals surface area (Å²) in [4.78, 5) is 27.6. The van der Waals surface area contributed by atoms with Crippen LogP contribution in [-0.4, -0.2) is 40.0 Å². The Bertz CT molecular complexity index is 462. The molecule has 0 aliphatic rings. The Labute approximate surface area is 119 Å². The number of thiazole rings is 1. The molecule has 6 nitrogen and oxygen atoms in total. The van der Waals surface area contributed by atoms with Crippen LogP contribution in [0.4, 0.5) is 5.13 Å². The summed E-state index contributed by atoms with van der Waals surface area (Å²) in [5.74, 6) is -0.646. The van der Waals surface area contributed by atoms with E-state index in [1.165, 1.54) is 11.3 Å². The molecule has 1 atom stereocenters. The van der Waals surface area contributed by atoms with Crippen molar-refractivity contribution in [2.24, 2.45) is 0 Å². The Morgan fingerprint density at radius 1 is 1.58 bits per heavy atom. The maximum Gasteiger partial charge on any atom is 0.326 e. The van der Waals surface area contributed by atoms with Gasteiger partial charge in [-0.3, -0.25) is 4.79 Å². The third-order valence-corrected chi connectivity index (χ3v) is 4.10. The van der Waals surface area contributed by atoms with Crippen LogP contribution in [0.25, 0.3) is 0 Å². The van der Waals surface area contributed by atoms with Crippen LogP contribution in [0.1, 0.15) is 17.0 Å². The average Bonchev–Trinajstić information content (AvgIpc) is 2.62. The second-order valence-corrected chi connectivity index (χ2v) is 6.08. The average molecular weight is 303 g/mol. The van der Waals surface area contributed by atoms with Crippen LogP contribution in [-0.2, 0) is 16.0 Å². The minimum absolute atomic E-state index is 0.115. The number of nitrogens with one attached hydrogen (secondary N) is 1. The van der Waals surface area contributed by atoms with Crippen molar-refractivity contribution >= 4 is 40.1 Å². The number of hydrogen-bond donors (Lipinski definition) is 3. The van der Waals surface area contributed by atoms with E-state index in [4.69, 9.17) is 10.8 Å². The quantitative estimate of drug-likeness (QED) is 0.691. The number of amides is 1. The molecule has 1 heterocycles. The molecule has 8 heteroatoms. The lowest BCUT2D eigenvalue weighted by Gasteiger charge is -2.13. The minimum atomic E-state index is -1.01. The van der Waals surface area contributed by atoms with Crippen molar-refractivity contribution in [1.29, 1.82) is 0 Å². The highest BCUT2D eigenvalue weighted by molar-refractivity contribution is 7.98. The first-order chi connectivity index (χ1) is 8.93. The molecule has 1 aromatic heterocycles. The SMILES string of the molecule is CSCC[C@@H](NC(=O)Cc1sc(N)nc1C)C(=O)O. The number of carboxylic acids is 1. The van der Waals surface area contributed by atoms with Gasteiger partial charge in [0.05, 0.1) is 12.1 Å². The molecule has 0 fully saturated rings. The molecule has 0 aliphatic carbocycles. The topological polar surface area (TPSA) is 105 Å². The summed E-state index contributed by atoms with van der Waals surface area (Å²) in [5.41, 5.74) is 6.27. The zero-order valence-electron chi connectivity index (χ0n) is 10.8. The van der Waals surface area contributed by atoms with Crippen molar-refractivity contribution < 1.29 is 14.7 Å². The van der Waals surface area contributed by atoms with Gasteiger partial charge in [-0.1, -0.05) is 0 Å². The molecule has 0 spiro atoms. The van der Waals surface area contributed by atoms with Gasteiger partial charge in [-0.2, -0.15) is 11.8 Å². The van der Waals surface area contributed by atoms with E-state index in [1.54, 1.807) is 18.7 Å². The number of thioether (sulfide) groups is 1. The van der Waals surface area contributed by atoms with Gasteiger partial charge in [0.1, 0.15) is 6.04 Å². The highest BCUT2D eigenvalue weighted by Gasteiger charge is 2.20. The van der Waals surface area contributed by atoms with Gasteiger partial charge in [-0.05, 0) is 25.4 Å². The number of rotatable bonds is 7. The largest absolute Gasteiger partial charge is 0.480 e. The molecule has 1 amide bonds. The van der Waals surface area contributed by atoms with Gasteiger partial charge < -0.3 is 16.2 Å². The van der Waals surface area contributed by atoms with Crippen molar-refractivity contribution in [3.8, 4) is 0 Å². The molecule has 0 radical (unpaired) electrons. The van der Waals surface area contributed by atoms with E-state index in [-0.39, 0.29) is 12.3 Å². The fraction of sp³-hybridized carbons (Fsp3) is 0.545. The van der Waals surface area contributed by atoms with E-state index in [2.05, 4.69) is 10.3 Å². The molecule has 0 saturated carbocycles. The molecule has 0 aliphatic heterocycles. The van der Waals surface area contributed by atoms with Crippen LogP contribution in [0.5, 0.6) is 0 Å². The second kappa shape index (κ2) is 7.34. The summed E-state index contributed by atoms with van der Waals surface area (Å²) >= 11 is 2.80. The van der Waals surface area contributed by atoms with Gasteiger partial charge in [0.25, 0.3) is 0 Å². The molecular formula is C11H17N3O3S2. The number of carboxylic acid groups (broad SMARTS) is 1. The molecule has 0 unspecified atom stereocenters. The molecular weight excluding hydrogens is 286 g/mol. The van der Waals surface area contributed by atoms with Gasteiger partial charge in [0, 0.05) is 4.88 Å². The molecule has 0 saturated heterocycles. The maximum atomic E-state index is 11.8. The van der Waals surface area contributed by atoms with Crippen LogP contribution in [0.3, 0.4) is 0 Å². The van der Waals surface area contributed by atoms with E-state index in [9.17, 15) is 9.59 Å². The number of nitrogens with two attached hydrogens (primary N) is 1. The summed E-state index contributed by atoms with van der Waals surface area (Å²) in [6.07, 6.45) is 2.42. The Hall–Kier alpha value is -1.28. The van der Waals surface area contributed by atoms with Crippen molar-refractivity contribution in [2.75, 3.05) is 17.7 Å². The lowest BCUT2D eigenvalue weighted by molar-refractivity contribution is -0.141. The molecule has 106 valence electrons. The number of nitrogens with zero attached hydrogens (tertiary/aromatic N) is 1. The van der Waals surface area contributed by atoms with Crippen molar-refractivity contribution in [3.63, 3.8) is 0 Å². The van der Waals surface area contributed by atoms with Crippen LogP contribution >= 0.6 is 23.1 Å². The lowest BCUT2D eigenvalue weighted by Crippen LogP contribution is -2.41. The monoisotopic (exact) mass is 303 g/mol. The normalized spacial score (nSPS) is 12.1. The molecule has 1 aromatic rings. The fourth-order valence-electron chi connectivity index (χ4n) is 1.50. The summed E-state index contributed by atoms with van der Waals surface area (Å²) < 4.78 is 0. The highest BCUT2D eigenvalue weighted by Crippen LogP contribution is 2.20. The second-order valence-electron chi connectivity index (χ2n) is 3.98. The third kappa shape index (κ3) is 5.07. The fourth-order valence-corrected chi connectivity index (χ4v) is 2.80. The number of aryl methyl sites for hydroxylation is 1.